The van der Waals surface area contributed by atoms with Gasteiger partial charge in [0.1, 0.15) is 6.04 Å². The second kappa shape index (κ2) is 6.64. The van der Waals surface area contributed by atoms with Crippen LogP contribution in [0.1, 0.15) is 37.2 Å². The third kappa shape index (κ3) is 2.71. The molecule has 5 heteroatoms. The Hall–Kier alpha value is -1.85. The zero-order valence-corrected chi connectivity index (χ0v) is 16.7. The Morgan fingerprint density at radius 1 is 0.963 bits per heavy atom. The fourth-order valence-corrected chi connectivity index (χ4v) is 7.02. The van der Waals surface area contributed by atoms with E-state index in [0.29, 0.717) is 11.0 Å². The van der Waals surface area contributed by atoms with Gasteiger partial charge in [0.2, 0.25) is 0 Å². The normalized spacial score (nSPS) is 30.2. The summed E-state index contributed by atoms with van der Waals surface area (Å²) in [5.74, 6) is 1.60. The first-order valence-corrected chi connectivity index (χ1v) is 11.0. The van der Waals surface area contributed by atoms with Gasteiger partial charge in [-0.05, 0) is 61.5 Å². The summed E-state index contributed by atoms with van der Waals surface area (Å²) in [5.41, 5.74) is 2.33. The van der Waals surface area contributed by atoms with Gasteiger partial charge in [-0.3, -0.25) is 9.69 Å². The minimum Gasteiger partial charge on any atom is -0.321 e. The van der Waals surface area contributed by atoms with Crippen LogP contribution >= 0.6 is 24.0 Å². The summed E-state index contributed by atoms with van der Waals surface area (Å²) in [4.78, 5) is 17.1. The molecule has 2 aromatic carbocycles. The Bertz CT molecular complexity index is 862. The minimum absolute atomic E-state index is 0.00772. The predicted molar refractivity (Wildman–Crippen MR) is 115 cm³/mol. The second-order valence-electron chi connectivity index (χ2n) is 7.62. The molecule has 2 aromatic rings. The van der Waals surface area contributed by atoms with Crippen molar-refractivity contribution in [2.24, 2.45) is 0 Å². The lowest BCUT2D eigenvalue weighted by molar-refractivity contribution is -0.119. The molecule has 0 radical (unpaired) electrons. The molecule has 0 N–H and O–H groups in total. The van der Waals surface area contributed by atoms with Gasteiger partial charge >= 0.3 is 0 Å². The van der Waals surface area contributed by atoms with Gasteiger partial charge in [-0.15, -0.1) is 11.8 Å². The largest absolute Gasteiger partial charge is 0.321 e. The number of rotatable bonds is 2. The maximum atomic E-state index is 13.1. The molecule has 2 saturated heterocycles. The van der Waals surface area contributed by atoms with Gasteiger partial charge in [0.15, 0.2) is 5.11 Å². The number of benzene rings is 2. The van der Waals surface area contributed by atoms with Crippen molar-refractivity contribution >= 4 is 40.7 Å². The molecule has 1 saturated carbocycles. The summed E-state index contributed by atoms with van der Waals surface area (Å²) in [7, 11) is 0. The molecule has 3 nitrogen and oxygen atoms in total. The van der Waals surface area contributed by atoms with Crippen molar-refractivity contribution in [2.45, 2.75) is 42.5 Å². The van der Waals surface area contributed by atoms with Crippen molar-refractivity contribution in [3.8, 4) is 0 Å². The second-order valence-corrected chi connectivity index (χ2v) is 9.37. The van der Waals surface area contributed by atoms with Crippen LogP contribution in [0.3, 0.4) is 0 Å². The molecule has 0 bridgehead atoms. The first-order valence-electron chi connectivity index (χ1n) is 9.61. The molecule has 27 heavy (non-hydrogen) atoms. The van der Waals surface area contributed by atoms with E-state index in [4.69, 9.17) is 12.2 Å². The van der Waals surface area contributed by atoms with Crippen LogP contribution in [0.15, 0.2) is 60.7 Å². The van der Waals surface area contributed by atoms with Gasteiger partial charge in [0, 0.05) is 5.75 Å². The van der Waals surface area contributed by atoms with Crippen molar-refractivity contribution < 1.29 is 4.79 Å². The number of thiocarbonyl (C=S) groups is 1. The first kappa shape index (κ1) is 17.3. The van der Waals surface area contributed by atoms with Crippen molar-refractivity contribution in [3.05, 3.63) is 66.2 Å². The van der Waals surface area contributed by atoms with E-state index in [-0.39, 0.29) is 16.8 Å². The van der Waals surface area contributed by atoms with Crippen LogP contribution in [0.2, 0.25) is 0 Å². The molecular formula is C22H22N2OS2. The molecule has 0 aromatic heterocycles. The molecule has 5 rings (SSSR count). The summed E-state index contributed by atoms with van der Waals surface area (Å²) in [6.07, 6.45) is 4.48. The van der Waals surface area contributed by atoms with E-state index in [0.717, 1.165) is 37.1 Å². The molecule has 3 fully saturated rings. The van der Waals surface area contributed by atoms with Crippen LogP contribution < -0.4 is 4.90 Å². The monoisotopic (exact) mass is 394 g/mol. The zero-order chi connectivity index (χ0) is 18.4. The van der Waals surface area contributed by atoms with E-state index in [2.05, 4.69) is 35.2 Å². The van der Waals surface area contributed by atoms with E-state index in [1.54, 1.807) is 4.90 Å². The summed E-state index contributed by atoms with van der Waals surface area (Å²) < 4.78 is 0. The summed E-state index contributed by atoms with van der Waals surface area (Å²) >= 11 is 7.78. The molecule has 1 spiro atoms. The number of amides is 1. The Labute approximate surface area is 169 Å². The van der Waals surface area contributed by atoms with Gasteiger partial charge in [0.25, 0.3) is 5.91 Å². The average molecular weight is 395 g/mol. The Morgan fingerprint density at radius 3 is 2.26 bits per heavy atom. The summed E-state index contributed by atoms with van der Waals surface area (Å²) in [6.45, 7) is 0. The van der Waals surface area contributed by atoms with Crippen LogP contribution in [0.4, 0.5) is 5.69 Å². The Balaban J connectivity index is 1.39. The van der Waals surface area contributed by atoms with Crippen LogP contribution in [0.5, 0.6) is 0 Å². The third-order valence-electron chi connectivity index (χ3n) is 6.22. The molecule has 1 atom stereocenters. The fourth-order valence-electron chi connectivity index (χ4n) is 4.83. The highest BCUT2D eigenvalue weighted by Crippen LogP contribution is 2.54. The van der Waals surface area contributed by atoms with Gasteiger partial charge in [-0.25, -0.2) is 0 Å². The number of carbonyl (C=O) groups is 1. The molecule has 3 aliphatic rings. The van der Waals surface area contributed by atoms with Crippen LogP contribution in [-0.2, 0) is 4.79 Å². The number of para-hydroxylation sites is 1. The highest BCUT2D eigenvalue weighted by molar-refractivity contribution is 8.01. The lowest BCUT2D eigenvalue weighted by Crippen LogP contribution is -2.49. The number of carbonyl (C=O) groups excluding carboxylic acids is 1. The smallest absolute Gasteiger partial charge is 0.257 e. The highest BCUT2D eigenvalue weighted by atomic mass is 32.2. The van der Waals surface area contributed by atoms with Gasteiger partial charge in [-0.2, -0.15) is 0 Å². The van der Waals surface area contributed by atoms with E-state index in [1.165, 1.54) is 5.56 Å². The molecule has 0 unspecified atom stereocenters. The van der Waals surface area contributed by atoms with Crippen LogP contribution in [0, 0.1) is 0 Å². The number of nitrogens with zero attached hydrogens (tertiary/aromatic N) is 2. The van der Waals surface area contributed by atoms with Crippen molar-refractivity contribution in [1.82, 2.24) is 4.90 Å². The Kier molecular flexibility index (Phi) is 4.25. The van der Waals surface area contributed by atoms with Crippen molar-refractivity contribution in [1.29, 1.82) is 0 Å². The third-order valence-corrected chi connectivity index (χ3v) is 8.22. The maximum absolute atomic E-state index is 13.1. The zero-order valence-electron chi connectivity index (χ0n) is 15.1. The molecule has 2 aliphatic heterocycles. The number of hydrogen-bond acceptors (Lipinski definition) is 3. The van der Waals surface area contributed by atoms with E-state index >= 15 is 0 Å². The summed E-state index contributed by atoms with van der Waals surface area (Å²) in [6, 6.07) is 20.6. The lowest BCUT2D eigenvalue weighted by Gasteiger charge is -2.43. The Morgan fingerprint density at radius 2 is 1.59 bits per heavy atom. The van der Waals surface area contributed by atoms with Crippen LogP contribution in [-0.4, -0.2) is 32.6 Å². The quantitative estimate of drug-likeness (QED) is 0.684. The van der Waals surface area contributed by atoms with Gasteiger partial charge < -0.3 is 4.90 Å². The average Bonchev–Trinajstić information content (AvgIpc) is 3.21. The number of anilines is 1. The number of fused-ring (bicyclic) bond motifs is 2. The minimum atomic E-state index is -0.101. The molecule has 1 amide bonds. The number of thioether (sulfide) groups is 1. The van der Waals surface area contributed by atoms with Crippen LogP contribution in [0.25, 0.3) is 0 Å². The molecule has 2 heterocycles. The van der Waals surface area contributed by atoms with Crippen molar-refractivity contribution in [2.75, 3.05) is 10.7 Å². The predicted octanol–water partition coefficient (Wildman–Crippen LogP) is 4.79. The first-order chi connectivity index (χ1) is 13.2. The summed E-state index contributed by atoms with van der Waals surface area (Å²) in [5, 5.41) is 0.694. The fraction of sp³-hybridized carbons (Fsp3) is 0.364. The lowest BCUT2D eigenvalue weighted by atomic mass is 9.80. The van der Waals surface area contributed by atoms with Gasteiger partial charge in [0.05, 0.1) is 10.6 Å². The maximum Gasteiger partial charge on any atom is 0.257 e. The molecular weight excluding hydrogens is 372 g/mol. The topological polar surface area (TPSA) is 23.6 Å². The standard InChI is InChI=1S/C22H22N2OS2/c25-20-19-15-27-22(13-11-17(12-14-22)16-7-3-1-4-8-16)24(19)21(26)23(20)18-9-5-2-6-10-18/h1-10,17,19H,11-15H2/t17?,19-,22?/m0/s1. The van der Waals surface area contributed by atoms with E-state index in [9.17, 15) is 4.79 Å². The molecule has 138 valence electrons. The SMILES string of the molecule is O=C1[C@@H]2CSC3(CCC(c4ccccc4)CC3)N2C(=S)N1c1ccccc1. The van der Waals surface area contributed by atoms with Crippen molar-refractivity contribution in [3.63, 3.8) is 0 Å². The van der Waals surface area contributed by atoms with E-state index < -0.39 is 0 Å². The number of hydrogen-bond donors (Lipinski definition) is 0. The van der Waals surface area contributed by atoms with E-state index in [1.807, 2.05) is 42.1 Å². The highest BCUT2D eigenvalue weighted by Gasteiger charge is 2.58. The molecule has 1 aliphatic carbocycles. The van der Waals surface area contributed by atoms with Gasteiger partial charge in [-0.1, -0.05) is 48.5 Å².